The van der Waals surface area contributed by atoms with Crippen molar-refractivity contribution in [2.45, 2.75) is 13.3 Å². The maximum atomic E-state index is 14.4. The Balaban J connectivity index is 1.80. The van der Waals surface area contributed by atoms with Gasteiger partial charge in [-0.2, -0.15) is 0 Å². The number of carbonyl (C=O) groups is 2. The summed E-state index contributed by atoms with van der Waals surface area (Å²) in [6, 6.07) is 5.76. The minimum Gasteiger partial charge on any atom is -0.504 e. The molecular formula is C19H18F2N2O4. The first kappa shape index (κ1) is 18.6. The van der Waals surface area contributed by atoms with Gasteiger partial charge in [0, 0.05) is 24.7 Å². The second-order valence-corrected chi connectivity index (χ2v) is 6.09. The fourth-order valence-corrected chi connectivity index (χ4v) is 2.77. The van der Waals surface area contributed by atoms with Gasteiger partial charge in [-0.25, -0.2) is 8.78 Å². The molecule has 2 aromatic carbocycles. The third-order valence-electron chi connectivity index (χ3n) is 4.23. The molecule has 8 heteroatoms. The number of carbonyl (C=O) groups excluding carboxylic acids is 2. The SMILES string of the molecule is CCc1cc(O)c(Oc2ccc(C(=O)N3CCNC(=O)C3)cc2F)cc1F. The number of benzene rings is 2. The lowest BCUT2D eigenvalue weighted by molar-refractivity contribution is -0.123. The van der Waals surface area contributed by atoms with Gasteiger partial charge in [-0.05, 0) is 36.2 Å². The van der Waals surface area contributed by atoms with E-state index in [9.17, 15) is 23.5 Å². The third-order valence-corrected chi connectivity index (χ3v) is 4.23. The molecule has 6 nitrogen and oxygen atoms in total. The Morgan fingerprint density at radius 3 is 2.67 bits per heavy atom. The van der Waals surface area contributed by atoms with Crippen LogP contribution in [0.2, 0.25) is 0 Å². The molecule has 2 N–H and O–H groups in total. The summed E-state index contributed by atoms with van der Waals surface area (Å²) in [6.07, 6.45) is 0.388. The van der Waals surface area contributed by atoms with Crippen molar-refractivity contribution in [1.29, 1.82) is 0 Å². The second kappa shape index (κ2) is 7.61. The first-order valence-electron chi connectivity index (χ1n) is 8.43. The van der Waals surface area contributed by atoms with Gasteiger partial charge in [0.1, 0.15) is 5.82 Å². The van der Waals surface area contributed by atoms with Gasteiger partial charge in [-0.1, -0.05) is 6.92 Å². The Labute approximate surface area is 154 Å². The monoisotopic (exact) mass is 376 g/mol. The van der Waals surface area contributed by atoms with Crippen LogP contribution in [0.5, 0.6) is 17.2 Å². The van der Waals surface area contributed by atoms with Crippen molar-refractivity contribution in [1.82, 2.24) is 10.2 Å². The van der Waals surface area contributed by atoms with Crippen LogP contribution in [0, 0.1) is 11.6 Å². The number of aromatic hydroxyl groups is 1. The minimum atomic E-state index is -0.846. The number of phenols is 1. The number of phenolic OH excluding ortho intramolecular Hbond substituents is 1. The first-order chi connectivity index (χ1) is 12.9. The number of piperazine rings is 1. The predicted molar refractivity (Wildman–Crippen MR) is 92.8 cm³/mol. The molecule has 142 valence electrons. The molecule has 0 bridgehead atoms. The number of amides is 2. The van der Waals surface area contributed by atoms with E-state index in [1.807, 2.05) is 0 Å². The zero-order chi connectivity index (χ0) is 19.6. The molecule has 2 amide bonds. The average molecular weight is 376 g/mol. The Hall–Kier alpha value is -3.16. The van der Waals surface area contributed by atoms with Crippen LogP contribution in [0.3, 0.4) is 0 Å². The van der Waals surface area contributed by atoms with Gasteiger partial charge in [0.25, 0.3) is 5.91 Å². The summed E-state index contributed by atoms with van der Waals surface area (Å²) < 4.78 is 33.5. The van der Waals surface area contributed by atoms with Crippen molar-refractivity contribution in [2.24, 2.45) is 0 Å². The molecule has 1 aliphatic heterocycles. The third kappa shape index (κ3) is 3.99. The standard InChI is InChI=1S/C19H18F2N2O4/c1-2-11-8-15(24)17(9-13(11)20)27-16-4-3-12(7-14(16)21)19(26)23-6-5-22-18(25)10-23/h3-4,7-9,24H,2,5-6,10H2,1H3,(H,22,25). The molecule has 0 radical (unpaired) electrons. The molecule has 0 spiro atoms. The van der Waals surface area contributed by atoms with Gasteiger partial charge in [0.05, 0.1) is 6.54 Å². The van der Waals surface area contributed by atoms with Gasteiger partial charge in [-0.3, -0.25) is 9.59 Å². The fraction of sp³-hybridized carbons (Fsp3) is 0.263. The molecule has 2 aromatic rings. The average Bonchev–Trinajstić information content (AvgIpc) is 2.65. The summed E-state index contributed by atoms with van der Waals surface area (Å²) in [7, 11) is 0. The lowest BCUT2D eigenvalue weighted by atomic mass is 10.1. The van der Waals surface area contributed by atoms with E-state index in [1.165, 1.54) is 23.1 Å². The maximum absolute atomic E-state index is 14.4. The predicted octanol–water partition coefficient (Wildman–Crippen LogP) is 2.60. The molecule has 1 heterocycles. The van der Waals surface area contributed by atoms with E-state index in [4.69, 9.17) is 4.74 Å². The molecule has 1 fully saturated rings. The molecule has 27 heavy (non-hydrogen) atoms. The number of nitrogens with zero attached hydrogens (tertiary/aromatic N) is 1. The van der Waals surface area contributed by atoms with Gasteiger partial charge < -0.3 is 20.1 Å². The summed E-state index contributed by atoms with van der Waals surface area (Å²) in [5, 5.41) is 12.5. The van der Waals surface area contributed by atoms with E-state index in [0.29, 0.717) is 25.1 Å². The van der Waals surface area contributed by atoms with E-state index in [2.05, 4.69) is 5.32 Å². The van der Waals surface area contributed by atoms with Crippen LogP contribution < -0.4 is 10.1 Å². The van der Waals surface area contributed by atoms with Crippen molar-refractivity contribution in [3.63, 3.8) is 0 Å². The summed E-state index contributed by atoms with van der Waals surface area (Å²) in [6.45, 7) is 2.32. The molecule has 1 aliphatic rings. The van der Waals surface area contributed by atoms with Crippen LogP contribution in [0.25, 0.3) is 0 Å². The van der Waals surface area contributed by atoms with Crippen LogP contribution in [0.15, 0.2) is 30.3 Å². The van der Waals surface area contributed by atoms with Crippen molar-refractivity contribution in [2.75, 3.05) is 19.6 Å². The van der Waals surface area contributed by atoms with Crippen molar-refractivity contribution < 1.29 is 28.2 Å². The van der Waals surface area contributed by atoms with Crippen molar-refractivity contribution in [3.8, 4) is 17.2 Å². The molecule has 0 atom stereocenters. The highest BCUT2D eigenvalue weighted by Crippen LogP contribution is 2.34. The smallest absolute Gasteiger partial charge is 0.254 e. The van der Waals surface area contributed by atoms with Crippen LogP contribution in [-0.4, -0.2) is 41.5 Å². The van der Waals surface area contributed by atoms with Crippen molar-refractivity contribution >= 4 is 11.8 Å². The number of halogens is 2. The summed E-state index contributed by atoms with van der Waals surface area (Å²) in [4.78, 5) is 25.1. The Morgan fingerprint density at radius 2 is 2.00 bits per heavy atom. The van der Waals surface area contributed by atoms with Crippen LogP contribution in [-0.2, 0) is 11.2 Å². The number of hydrogen-bond acceptors (Lipinski definition) is 4. The molecule has 0 saturated carbocycles. The highest BCUT2D eigenvalue weighted by atomic mass is 19.1. The molecule has 1 saturated heterocycles. The number of ether oxygens (including phenoxy) is 1. The highest BCUT2D eigenvalue weighted by Gasteiger charge is 2.23. The number of nitrogens with one attached hydrogen (secondary N) is 1. The van der Waals surface area contributed by atoms with Crippen molar-refractivity contribution in [3.05, 3.63) is 53.1 Å². The van der Waals surface area contributed by atoms with Gasteiger partial charge in [0.15, 0.2) is 23.1 Å². The fourth-order valence-electron chi connectivity index (χ4n) is 2.77. The number of hydrogen-bond donors (Lipinski definition) is 2. The summed E-state index contributed by atoms with van der Waals surface area (Å²) >= 11 is 0. The molecule has 0 aromatic heterocycles. The Kier molecular flexibility index (Phi) is 5.25. The van der Waals surface area contributed by atoms with Crippen LogP contribution >= 0.6 is 0 Å². The van der Waals surface area contributed by atoms with Gasteiger partial charge in [-0.15, -0.1) is 0 Å². The molecule has 0 unspecified atom stereocenters. The molecule has 0 aliphatic carbocycles. The zero-order valence-electron chi connectivity index (χ0n) is 14.6. The maximum Gasteiger partial charge on any atom is 0.254 e. The van der Waals surface area contributed by atoms with Gasteiger partial charge in [0.2, 0.25) is 5.91 Å². The van der Waals surface area contributed by atoms with Crippen LogP contribution in [0.4, 0.5) is 8.78 Å². The van der Waals surface area contributed by atoms with Gasteiger partial charge >= 0.3 is 0 Å². The van der Waals surface area contributed by atoms with E-state index in [0.717, 1.165) is 12.1 Å². The largest absolute Gasteiger partial charge is 0.504 e. The zero-order valence-corrected chi connectivity index (χ0v) is 14.6. The lowest BCUT2D eigenvalue weighted by Gasteiger charge is -2.26. The Morgan fingerprint density at radius 1 is 1.22 bits per heavy atom. The summed E-state index contributed by atoms with van der Waals surface area (Å²) in [5.41, 5.74) is 0.373. The van der Waals surface area contributed by atoms with E-state index >= 15 is 0 Å². The topological polar surface area (TPSA) is 78.9 Å². The van der Waals surface area contributed by atoms with Crippen LogP contribution in [0.1, 0.15) is 22.8 Å². The van der Waals surface area contributed by atoms with E-state index < -0.39 is 17.5 Å². The lowest BCUT2D eigenvalue weighted by Crippen LogP contribution is -2.49. The minimum absolute atomic E-state index is 0.0614. The molecular weight excluding hydrogens is 358 g/mol. The number of aryl methyl sites for hydroxylation is 1. The number of rotatable bonds is 4. The molecule has 3 rings (SSSR count). The first-order valence-corrected chi connectivity index (χ1v) is 8.43. The highest BCUT2D eigenvalue weighted by molar-refractivity contribution is 5.97. The van der Waals surface area contributed by atoms with E-state index in [-0.39, 0.29) is 35.3 Å². The quantitative estimate of drug-likeness (QED) is 0.860. The normalized spacial score (nSPS) is 14.0. The summed E-state index contributed by atoms with van der Waals surface area (Å²) in [5.74, 6) is -2.97. The Bertz CT molecular complexity index is 902. The second-order valence-electron chi connectivity index (χ2n) is 6.09. The van der Waals surface area contributed by atoms with E-state index in [1.54, 1.807) is 6.92 Å².